The minimum absolute atomic E-state index is 0.189. The second kappa shape index (κ2) is 7.12. The molecule has 0 aromatic heterocycles. The molecule has 19 heavy (non-hydrogen) atoms. The third-order valence-electron chi connectivity index (χ3n) is 2.62. The number of ether oxygens (including phenoxy) is 2. The second-order valence-electron chi connectivity index (χ2n) is 5.12. The fraction of sp³-hybridized carbons (Fsp3) is 0.600. The van der Waals surface area contributed by atoms with Crippen LogP contribution >= 0.6 is 0 Å². The standard InChI is InChI=1S/C15H22O4/c1-10(2)18-14(16)12-8-6-5-7-9-13(12)15(17)19-11(3)4/h5-6,8,10-11,13H,7,9H2,1-4H3. The third kappa shape index (κ3) is 4.89. The first kappa shape index (κ1) is 15.5. The van der Waals surface area contributed by atoms with E-state index in [1.807, 2.05) is 6.08 Å². The predicted octanol–water partition coefficient (Wildman–Crippen LogP) is 2.78. The summed E-state index contributed by atoms with van der Waals surface area (Å²) in [6.07, 6.45) is 6.30. The number of hydrogen-bond acceptors (Lipinski definition) is 4. The average molecular weight is 266 g/mol. The van der Waals surface area contributed by atoms with Crippen molar-refractivity contribution in [3.63, 3.8) is 0 Å². The lowest BCUT2D eigenvalue weighted by Crippen LogP contribution is -2.27. The van der Waals surface area contributed by atoms with E-state index in [-0.39, 0.29) is 18.2 Å². The lowest BCUT2D eigenvalue weighted by molar-refractivity contribution is -0.154. The van der Waals surface area contributed by atoms with Crippen molar-refractivity contribution < 1.29 is 19.1 Å². The number of hydrogen-bond donors (Lipinski definition) is 0. The Hall–Kier alpha value is -1.58. The van der Waals surface area contributed by atoms with Crippen molar-refractivity contribution >= 4 is 11.9 Å². The molecule has 0 saturated carbocycles. The van der Waals surface area contributed by atoms with Crippen molar-refractivity contribution in [3.8, 4) is 0 Å². The Labute approximate surface area is 114 Å². The normalized spacial score (nSPS) is 19.1. The van der Waals surface area contributed by atoms with E-state index >= 15 is 0 Å². The Balaban J connectivity index is 2.87. The molecule has 1 aliphatic carbocycles. The molecule has 0 bridgehead atoms. The van der Waals surface area contributed by atoms with Crippen LogP contribution in [-0.2, 0) is 19.1 Å². The molecule has 1 unspecified atom stereocenters. The van der Waals surface area contributed by atoms with Crippen molar-refractivity contribution in [2.45, 2.75) is 52.7 Å². The Morgan fingerprint density at radius 1 is 1.16 bits per heavy atom. The molecule has 0 heterocycles. The number of allylic oxidation sites excluding steroid dienone is 3. The summed E-state index contributed by atoms with van der Waals surface area (Å²) >= 11 is 0. The van der Waals surface area contributed by atoms with Crippen molar-refractivity contribution in [2.24, 2.45) is 5.92 Å². The molecule has 0 aliphatic heterocycles. The van der Waals surface area contributed by atoms with Crippen LogP contribution < -0.4 is 0 Å². The van der Waals surface area contributed by atoms with Crippen LogP contribution in [0.15, 0.2) is 23.8 Å². The molecule has 0 amide bonds. The molecule has 0 fully saturated rings. The maximum Gasteiger partial charge on any atom is 0.335 e. The van der Waals surface area contributed by atoms with E-state index in [9.17, 15) is 9.59 Å². The van der Waals surface area contributed by atoms with Crippen LogP contribution in [0.2, 0.25) is 0 Å². The summed E-state index contributed by atoms with van der Waals surface area (Å²) in [6, 6.07) is 0. The molecule has 0 aromatic rings. The van der Waals surface area contributed by atoms with E-state index < -0.39 is 11.9 Å². The van der Waals surface area contributed by atoms with Gasteiger partial charge in [-0.2, -0.15) is 0 Å². The summed E-state index contributed by atoms with van der Waals surface area (Å²) in [7, 11) is 0. The minimum Gasteiger partial charge on any atom is -0.463 e. The quantitative estimate of drug-likeness (QED) is 0.734. The fourth-order valence-corrected chi connectivity index (χ4v) is 1.85. The molecule has 0 aromatic carbocycles. The average Bonchev–Trinajstić information content (AvgIpc) is 2.51. The number of carbonyl (C=O) groups excluding carboxylic acids is 2. The topological polar surface area (TPSA) is 52.6 Å². The second-order valence-corrected chi connectivity index (χ2v) is 5.12. The molecular weight excluding hydrogens is 244 g/mol. The zero-order valence-corrected chi connectivity index (χ0v) is 12.0. The summed E-state index contributed by atoms with van der Waals surface area (Å²) in [4.78, 5) is 24.1. The summed E-state index contributed by atoms with van der Waals surface area (Å²) in [6.45, 7) is 7.16. The minimum atomic E-state index is -0.538. The molecule has 1 rings (SSSR count). The highest BCUT2D eigenvalue weighted by Crippen LogP contribution is 2.24. The predicted molar refractivity (Wildman–Crippen MR) is 72.4 cm³/mol. The van der Waals surface area contributed by atoms with Crippen LogP contribution in [-0.4, -0.2) is 24.1 Å². The van der Waals surface area contributed by atoms with Gasteiger partial charge in [0.15, 0.2) is 0 Å². The Kier molecular flexibility index (Phi) is 5.80. The molecule has 1 aliphatic rings. The molecule has 0 spiro atoms. The Morgan fingerprint density at radius 2 is 1.79 bits per heavy atom. The molecule has 0 radical (unpaired) electrons. The van der Waals surface area contributed by atoms with Crippen molar-refractivity contribution in [3.05, 3.63) is 23.8 Å². The van der Waals surface area contributed by atoms with Crippen molar-refractivity contribution in [1.82, 2.24) is 0 Å². The largest absolute Gasteiger partial charge is 0.463 e. The molecule has 106 valence electrons. The van der Waals surface area contributed by atoms with Gasteiger partial charge in [-0.1, -0.05) is 18.2 Å². The summed E-state index contributed by atoms with van der Waals surface area (Å²) < 4.78 is 10.4. The summed E-state index contributed by atoms with van der Waals surface area (Å²) in [5, 5.41) is 0. The SMILES string of the molecule is CC(C)OC(=O)C1=CC=CCCC1C(=O)OC(C)C. The number of rotatable bonds is 4. The summed E-state index contributed by atoms with van der Waals surface area (Å²) in [5.74, 6) is -1.33. The van der Waals surface area contributed by atoms with E-state index in [1.165, 1.54) is 0 Å². The van der Waals surface area contributed by atoms with Crippen LogP contribution in [0.3, 0.4) is 0 Å². The molecule has 0 saturated heterocycles. The van der Waals surface area contributed by atoms with E-state index in [0.717, 1.165) is 6.42 Å². The van der Waals surface area contributed by atoms with Gasteiger partial charge in [0.2, 0.25) is 0 Å². The first-order valence-electron chi connectivity index (χ1n) is 6.70. The van der Waals surface area contributed by atoms with Gasteiger partial charge in [-0.3, -0.25) is 4.79 Å². The zero-order chi connectivity index (χ0) is 14.4. The third-order valence-corrected chi connectivity index (χ3v) is 2.62. The number of carbonyl (C=O) groups is 2. The molecular formula is C15H22O4. The fourth-order valence-electron chi connectivity index (χ4n) is 1.85. The zero-order valence-electron chi connectivity index (χ0n) is 12.0. The van der Waals surface area contributed by atoms with E-state index in [4.69, 9.17) is 9.47 Å². The monoisotopic (exact) mass is 266 g/mol. The van der Waals surface area contributed by atoms with Gasteiger partial charge in [-0.25, -0.2) is 4.79 Å². The maximum absolute atomic E-state index is 12.1. The smallest absolute Gasteiger partial charge is 0.335 e. The van der Waals surface area contributed by atoms with Crippen LogP contribution in [0.1, 0.15) is 40.5 Å². The van der Waals surface area contributed by atoms with Gasteiger partial charge < -0.3 is 9.47 Å². The van der Waals surface area contributed by atoms with E-state index in [0.29, 0.717) is 12.0 Å². The first-order chi connectivity index (χ1) is 8.91. The first-order valence-corrected chi connectivity index (χ1v) is 6.70. The molecule has 1 atom stereocenters. The van der Waals surface area contributed by atoms with Gasteiger partial charge in [-0.05, 0) is 40.5 Å². The highest BCUT2D eigenvalue weighted by molar-refractivity contribution is 5.96. The highest BCUT2D eigenvalue weighted by atomic mass is 16.5. The Bertz CT molecular complexity index is 391. The van der Waals surface area contributed by atoms with Gasteiger partial charge in [0, 0.05) is 0 Å². The highest BCUT2D eigenvalue weighted by Gasteiger charge is 2.30. The lowest BCUT2D eigenvalue weighted by Gasteiger charge is -2.19. The molecule has 0 N–H and O–H groups in total. The maximum atomic E-state index is 12.1. The van der Waals surface area contributed by atoms with Gasteiger partial charge in [0.25, 0.3) is 0 Å². The van der Waals surface area contributed by atoms with Crippen molar-refractivity contribution in [2.75, 3.05) is 0 Å². The van der Waals surface area contributed by atoms with Crippen LogP contribution in [0.25, 0.3) is 0 Å². The van der Waals surface area contributed by atoms with Crippen LogP contribution in [0, 0.1) is 5.92 Å². The van der Waals surface area contributed by atoms with Gasteiger partial charge >= 0.3 is 11.9 Å². The molecule has 4 heteroatoms. The Morgan fingerprint density at radius 3 is 2.37 bits per heavy atom. The van der Waals surface area contributed by atoms with Gasteiger partial charge in [0.05, 0.1) is 23.7 Å². The van der Waals surface area contributed by atoms with E-state index in [2.05, 4.69) is 0 Å². The summed E-state index contributed by atoms with van der Waals surface area (Å²) in [5.41, 5.74) is 0.383. The van der Waals surface area contributed by atoms with Crippen molar-refractivity contribution in [1.29, 1.82) is 0 Å². The number of esters is 2. The van der Waals surface area contributed by atoms with Crippen LogP contribution in [0.5, 0.6) is 0 Å². The van der Waals surface area contributed by atoms with Gasteiger partial charge in [-0.15, -0.1) is 0 Å². The molecule has 4 nitrogen and oxygen atoms in total. The van der Waals surface area contributed by atoms with Gasteiger partial charge in [0.1, 0.15) is 0 Å². The van der Waals surface area contributed by atoms with E-state index in [1.54, 1.807) is 39.8 Å². The van der Waals surface area contributed by atoms with Crippen LogP contribution in [0.4, 0.5) is 0 Å². The lowest BCUT2D eigenvalue weighted by atomic mass is 9.95.